The molecule has 1 amide bonds. The standard InChI is InChI=1S/C7H13NO3/c1-4(2)6(10)5(3-9)7(8)11/h4,9-10H,3H2,1-2H3,(H2,8,11). The molecular weight excluding hydrogens is 146 g/mol. The molecular formula is C7H13NO3. The van der Waals surface area contributed by atoms with Crippen LogP contribution in [0.2, 0.25) is 0 Å². The average molecular weight is 159 g/mol. The van der Waals surface area contributed by atoms with Crippen molar-refractivity contribution in [1.82, 2.24) is 0 Å². The van der Waals surface area contributed by atoms with Gasteiger partial charge in [0.1, 0.15) is 5.76 Å². The molecule has 0 rings (SSSR count). The molecule has 0 bridgehead atoms. The second kappa shape index (κ2) is 3.98. The molecule has 64 valence electrons. The Balaban J connectivity index is 4.68. The lowest BCUT2D eigenvalue weighted by molar-refractivity contribution is -0.115. The molecule has 11 heavy (non-hydrogen) atoms. The Bertz CT molecular complexity index is 184. The molecule has 0 aliphatic heterocycles. The summed E-state index contributed by atoms with van der Waals surface area (Å²) in [6, 6.07) is 0. The molecule has 0 aromatic carbocycles. The molecule has 0 heterocycles. The number of hydrogen-bond donors (Lipinski definition) is 3. The van der Waals surface area contributed by atoms with Gasteiger partial charge in [0.15, 0.2) is 0 Å². The monoisotopic (exact) mass is 159 g/mol. The van der Waals surface area contributed by atoms with Crippen molar-refractivity contribution in [2.24, 2.45) is 11.7 Å². The van der Waals surface area contributed by atoms with E-state index in [9.17, 15) is 9.90 Å². The fraction of sp³-hybridized carbons (Fsp3) is 0.571. The van der Waals surface area contributed by atoms with Crippen LogP contribution in [0.25, 0.3) is 0 Å². The maximum absolute atomic E-state index is 10.5. The van der Waals surface area contributed by atoms with E-state index in [2.05, 4.69) is 0 Å². The highest BCUT2D eigenvalue weighted by molar-refractivity contribution is 5.92. The minimum atomic E-state index is -0.779. The molecule has 0 radical (unpaired) electrons. The third-order valence-electron chi connectivity index (χ3n) is 1.31. The summed E-state index contributed by atoms with van der Waals surface area (Å²) in [5.74, 6) is -1.11. The zero-order valence-corrected chi connectivity index (χ0v) is 6.66. The van der Waals surface area contributed by atoms with Crippen LogP contribution < -0.4 is 5.73 Å². The number of rotatable bonds is 3. The van der Waals surface area contributed by atoms with Crippen molar-refractivity contribution in [2.45, 2.75) is 13.8 Å². The molecule has 0 saturated heterocycles. The topological polar surface area (TPSA) is 83.6 Å². The quantitative estimate of drug-likeness (QED) is 0.398. The van der Waals surface area contributed by atoms with Crippen LogP contribution in [0.5, 0.6) is 0 Å². The van der Waals surface area contributed by atoms with Crippen LogP contribution in [-0.4, -0.2) is 22.7 Å². The summed E-state index contributed by atoms with van der Waals surface area (Å²) in [4.78, 5) is 10.5. The lowest BCUT2D eigenvalue weighted by Gasteiger charge is -2.07. The smallest absolute Gasteiger partial charge is 0.250 e. The molecule has 4 nitrogen and oxygen atoms in total. The predicted molar refractivity (Wildman–Crippen MR) is 40.8 cm³/mol. The number of primary amides is 1. The molecule has 0 unspecified atom stereocenters. The Hall–Kier alpha value is -1.03. The third kappa shape index (κ3) is 2.59. The molecule has 0 fully saturated rings. The number of carbonyl (C=O) groups excluding carboxylic acids is 1. The number of amides is 1. The highest BCUT2D eigenvalue weighted by Gasteiger charge is 2.12. The minimum absolute atomic E-state index is 0.111. The van der Waals surface area contributed by atoms with Crippen molar-refractivity contribution < 1.29 is 15.0 Å². The summed E-state index contributed by atoms with van der Waals surface area (Å²) in [6.45, 7) is 2.89. The van der Waals surface area contributed by atoms with E-state index in [-0.39, 0.29) is 17.3 Å². The first-order chi connectivity index (χ1) is 5.00. The van der Waals surface area contributed by atoms with Gasteiger partial charge >= 0.3 is 0 Å². The first kappa shape index (κ1) is 9.97. The van der Waals surface area contributed by atoms with Crippen molar-refractivity contribution in [3.8, 4) is 0 Å². The molecule has 0 aliphatic carbocycles. The van der Waals surface area contributed by atoms with Crippen LogP contribution >= 0.6 is 0 Å². The van der Waals surface area contributed by atoms with Gasteiger partial charge < -0.3 is 15.9 Å². The number of allylic oxidation sites excluding steroid dienone is 1. The van der Waals surface area contributed by atoms with Gasteiger partial charge in [-0.15, -0.1) is 0 Å². The Labute approximate surface area is 65.3 Å². The molecule has 4 heteroatoms. The fourth-order valence-electron chi connectivity index (χ4n) is 0.634. The average Bonchev–Trinajstić information content (AvgIpc) is 1.88. The SMILES string of the molecule is CC(C)C(O)=C(CO)C(N)=O. The van der Waals surface area contributed by atoms with Gasteiger partial charge in [0.2, 0.25) is 5.91 Å². The Kier molecular flexibility index (Phi) is 3.60. The summed E-state index contributed by atoms with van der Waals surface area (Å²) < 4.78 is 0. The van der Waals surface area contributed by atoms with Crippen molar-refractivity contribution in [3.63, 3.8) is 0 Å². The Morgan fingerprint density at radius 2 is 2.00 bits per heavy atom. The molecule has 4 N–H and O–H groups in total. The maximum atomic E-state index is 10.5. The highest BCUT2D eigenvalue weighted by atomic mass is 16.3. The van der Waals surface area contributed by atoms with Crippen LogP contribution in [-0.2, 0) is 4.79 Å². The highest BCUT2D eigenvalue weighted by Crippen LogP contribution is 2.10. The summed E-state index contributed by atoms with van der Waals surface area (Å²) in [7, 11) is 0. The molecule has 0 aromatic heterocycles. The van der Waals surface area contributed by atoms with Crippen LogP contribution in [0, 0.1) is 5.92 Å². The van der Waals surface area contributed by atoms with Crippen LogP contribution in [0.3, 0.4) is 0 Å². The van der Waals surface area contributed by atoms with Crippen LogP contribution in [0.15, 0.2) is 11.3 Å². The predicted octanol–water partition coefficient (Wildman–Crippen LogP) is -0.0679. The van der Waals surface area contributed by atoms with E-state index in [0.717, 1.165) is 0 Å². The van der Waals surface area contributed by atoms with Crippen molar-refractivity contribution in [2.75, 3.05) is 6.61 Å². The van der Waals surface area contributed by atoms with E-state index in [1.54, 1.807) is 13.8 Å². The van der Waals surface area contributed by atoms with E-state index in [1.165, 1.54) is 0 Å². The summed E-state index contributed by atoms with van der Waals surface area (Å²) >= 11 is 0. The van der Waals surface area contributed by atoms with Gasteiger partial charge in [-0.05, 0) is 0 Å². The van der Waals surface area contributed by atoms with E-state index in [1.807, 2.05) is 0 Å². The lowest BCUT2D eigenvalue weighted by atomic mass is 10.1. The van der Waals surface area contributed by atoms with Gasteiger partial charge in [0, 0.05) is 5.92 Å². The summed E-state index contributed by atoms with van der Waals surface area (Å²) in [5, 5.41) is 17.8. The van der Waals surface area contributed by atoms with Gasteiger partial charge in [0.25, 0.3) is 0 Å². The fourth-order valence-corrected chi connectivity index (χ4v) is 0.634. The van der Waals surface area contributed by atoms with Gasteiger partial charge in [-0.1, -0.05) is 13.8 Å². The number of aliphatic hydroxyl groups excluding tert-OH is 2. The second-order valence-corrected chi connectivity index (χ2v) is 2.54. The number of nitrogens with two attached hydrogens (primary N) is 1. The Morgan fingerprint density at radius 1 is 1.55 bits per heavy atom. The van der Waals surface area contributed by atoms with Crippen molar-refractivity contribution in [1.29, 1.82) is 0 Å². The maximum Gasteiger partial charge on any atom is 0.250 e. The van der Waals surface area contributed by atoms with E-state index in [0.29, 0.717) is 0 Å². The minimum Gasteiger partial charge on any atom is -0.511 e. The van der Waals surface area contributed by atoms with E-state index in [4.69, 9.17) is 10.8 Å². The zero-order chi connectivity index (χ0) is 9.02. The zero-order valence-electron chi connectivity index (χ0n) is 6.66. The van der Waals surface area contributed by atoms with E-state index >= 15 is 0 Å². The Morgan fingerprint density at radius 3 is 2.09 bits per heavy atom. The first-order valence-electron chi connectivity index (χ1n) is 3.33. The second-order valence-electron chi connectivity index (χ2n) is 2.54. The number of carbonyl (C=O) groups is 1. The molecule has 0 aromatic rings. The van der Waals surface area contributed by atoms with Gasteiger partial charge in [-0.25, -0.2) is 0 Å². The lowest BCUT2D eigenvalue weighted by Crippen LogP contribution is -2.20. The van der Waals surface area contributed by atoms with Crippen LogP contribution in [0.1, 0.15) is 13.8 Å². The normalized spacial score (nSPS) is 13.1. The van der Waals surface area contributed by atoms with Gasteiger partial charge in [-0.2, -0.15) is 0 Å². The number of hydrogen-bond acceptors (Lipinski definition) is 3. The molecule has 0 saturated carbocycles. The third-order valence-corrected chi connectivity index (χ3v) is 1.31. The summed E-state index contributed by atoms with van der Waals surface area (Å²) in [6.07, 6.45) is 0. The first-order valence-corrected chi connectivity index (χ1v) is 3.33. The van der Waals surface area contributed by atoms with Gasteiger partial charge in [-0.3, -0.25) is 4.79 Å². The molecule has 0 aliphatic rings. The van der Waals surface area contributed by atoms with Crippen LogP contribution in [0.4, 0.5) is 0 Å². The summed E-state index contributed by atoms with van der Waals surface area (Å²) in [5.41, 5.74) is 4.76. The molecule has 0 atom stereocenters. The van der Waals surface area contributed by atoms with E-state index < -0.39 is 12.5 Å². The largest absolute Gasteiger partial charge is 0.511 e. The molecule has 0 spiro atoms. The van der Waals surface area contributed by atoms with Crippen molar-refractivity contribution in [3.05, 3.63) is 11.3 Å². The van der Waals surface area contributed by atoms with Crippen molar-refractivity contribution >= 4 is 5.91 Å². The number of aliphatic hydroxyl groups is 2. The van der Waals surface area contributed by atoms with Gasteiger partial charge in [0.05, 0.1) is 12.2 Å².